The highest BCUT2D eigenvalue weighted by Crippen LogP contribution is 2.28. The summed E-state index contributed by atoms with van der Waals surface area (Å²) in [6.07, 6.45) is 2.17. The number of hydrogen-bond acceptors (Lipinski definition) is 4. The Labute approximate surface area is 114 Å². The largest absolute Gasteiger partial charge is 0.497 e. The molecule has 0 aliphatic carbocycles. The third-order valence-electron chi connectivity index (χ3n) is 3.24. The van der Waals surface area contributed by atoms with Crippen LogP contribution in [-0.2, 0) is 9.53 Å². The van der Waals surface area contributed by atoms with E-state index in [1.165, 1.54) is 7.11 Å². The molecule has 0 fully saturated rings. The van der Waals surface area contributed by atoms with Gasteiger partial charge in [0, 0.05) is 6.61 Å². The van der Waals surface area contributed by atoms with Crippen LogP contribution in [0.5, 0.6) is 5.75 Å². The van der Waals surface area contributed by atoms with Gasteiger partial charge in [-0.3, -0.25) is 4.79 Å². The number of aliphatic hydroxyl groups is 1. The summed E-state index contributed by atoms with van der Waals surface area (Å²) in [5.41, 5.74) is 1.98. The monoisotopic (exact) mass is 266 g/mol. The summed E-state index contributed by atoms with van der Waals surface area (Å²) in [5, 5.41) is 8.84. The average molecular weight is 266 g/mol. The van der Waals surface area contributed by atoms with Crippen LogP contribution in [0.3, 0.4) is 0 Å². The highest BCUT2D eigenvalue weighted by Gasteiger charge is 2.22. The molecule has 0 aliphatic heterocycles. The molecule has 4 nitrogen and oxygen atoms in total. The third-order valence-corrected chi connectivity index (χ3v) is 3.24. The van der Waals surface area contributed by atoms with E-state index in [-0.39, 0.29) is 18.5 Å². The molecule has 0 amide bonds. The summed E-state index contributed by atoms with van der Waals surface area (Å²) in [5.74, 6) is 0.272. The third kappa shape index (κ3) is 4.24. The number of aryl methyl sites for hydroxylation is 1. The Bertz CT molecular complexity index is 415. The van der Waals surface area contributed by atoms with Crippen molar-refractivity contribution >= 4 is 5.97 Å². The molecule has 0 aliphatic rings. The SMILES string of the molecule is COC(=O)[C@@H](CCCCO)c1ccc(OC)cc1C. The van der Waals surface area contributed by atoms with Gasteiger partial charge in [-0.25, -0.2) is 0 Å². The first-order valence-corrected chi connectivity index (χ1v) is 6.47. The number of carbonyl (C=O) groups is 1. The van der Waals surface area contributed by atoms with Gasteiger partial charge in [0.1, 0.15) is 5.75 Å². The van der Waals surface area contributed by atoms with Gasteiger partial charge in [-0.1, -0.05) is 6.07 Å². The lowest BCUT2D eigenvalue weighted by Crippen LogP contribution is -2.15. The van der Waals surface area contributed by atoms with E-state index in [1.54, 1.807) is 7.11 Å². The topological polar surface area (TPSA) is 55.8 Å². The molecule has 0 heterocycles. The van der Waals surface area contributed by atoms with E-state index >= 15 is 0 Å². The molecule has 0 unspecified atom stereocenters. The number of rotatable bonds is 7. The van der Waals surface area contributed by atoms with Crippen LogP contribution in [0.15, 0.2) is 18.2 Å². The Morgan fingerprint density at radius 3 is 2.58 bits per heavy atom. The highest BCUT2D eigenvalue weighted by atomic mass is 16.5. The van der Waals surface area contributed by atoms with Crippen LogP contribution in [0.25, 0.3) is 0 Å². The average Bonchev–Trinajstić information content (AvgIpc) is 2.43. The number of unbranched alkanes of at least 4 members (excludes halogenated alkanes) is 1. The Morgan fingerprint density at radius 1 is 1.32 bits per heavy atom. The van der Waals surface area contributed by atoms with Gasteiger partial charge >= 0.3 is 5.97 Å². The van der Waals surface area contributed by atoms with Crippen molar-refractivity contribution < 1.29 is 19.4 Å². The molecule has 4 heteroatoms. The van der Waals surface area contributed by atoms with Crippen molar-refractivity contribution in [2.75, 3.05) is 20.8 Å². The Balaban J connectivity index is 2.93. The first kappa shape index (κ1) is 15.5. The summed E-state index contributed by atoms with van der Waals surface area (Å²) in [4.78, 5) is 11.9. The fourth-order valence-corrected chi connectivity index (χ4v) is 2.17. The summed E-state index contributed by atoms with van der Waals surface area (Å²) in [6.45, 7) is 2.11. The number of esters is 1. The van der Waals surface area contributed by atoms with Gasteiger partial charge < -0.3 is 14.6 Å². The van der Waals surface area contributed by atoms with E-state index in [4.69, 9.17) is 14.6 Å². The molecule has 1 aromatic carbocycles. The van der Waals surface area contributed by atoms with E-state index < -0.39 is 0 Å². The van der Waals surface area contributed by atoms with Crippen LogP contribution in [0.1, 0.15) is 36.3 Å². The van der Waals surface area contributed by atoms with E-state index in [9.17, 15) is 4.79 Å². The lowest BCUT2D eigenvalue weighted by Gasteiger charge is -2.17. The van der Waals surface area contributed by atoms with Gasteiger partial charge in [0.05, 0.1) is 20.1 Å². The van der Waals surface area contributed by atoms with Gasteiger partial charge in [-0.15, -0.1) is 0 Å². The van der Waals surface area contributed by atoms with Crippen molar-refractivity contribution in [1.82, 2.24) is 0 Å². The normalized spacial score (nSPS) is 12.0. The Morgan fingerprint density at radius 2 is 2.05 bits per heavy atom. The van der Waals surface area contributed by atoms with Crippen molar-refractivity contribution in [3.63, 3.8) is 0 Å². The predicted molar refractivity (Wildman–Crippen MR) is 73.4 cm³/mol. The van der Waals surface area contributed by atoms with Crippen LogP contribution in [-0.4, -0.2) is 31.9 Å². The molecule has 0 saturated carbocycles. The quantitative estimate of drug-likeness (QED) is 0.608. The maximum Gasteiger partial charge on any atom is 0.313 e. The minimum atomic E-state index is -0.276. The van der Waals surface area contributed by atoms with Crippen molar-refractivity contribution in [2.24, 2.45) is 0 Å². The molecular weight excluding hydrogens is 244 g/mol. The second-order valence-corrected chi connectivity index (χ2v) is 4.52. The molecule has 0 radical (unpaired) electrons. The lowest BCUT2D eigenvalue weighted by molar-refractivity contribution is -0.142. The molecular formula is C15H22O4. The first-order chi connectivity index (χ1) is 9.13. The van der Waals surface area contributed by atoms with Crippen LogP contribution >= 0.6 is 0 Å². The highest BCUT2D eigenvalue weighted by molar-refractivity contribution is 5.78. The predicted octanol–water partition coefficient (Wildman–Crippen LogP) is 2.42. The molecule has 19 heavy (non-hydrogen) atoms. The van der Waals surface area contributed by atoms with Crippen LogP contribution in [0.2, 0.25) is 0 Å². The van der Waals surface area contributed by atoms with Crippen molar-refractivity contribution in [3.05, 3.63) is 29.3 Å². The molecule has 1 aromatic rings. The molecule has 0 saturated heterocycles. The van der Waals surface area contributed by atoms with E-state index in [2.05, 4.69) is 0 Å². The minimum absolute atomic E-state index is 0.148. The number of ether oxygens (including phenoxy) is 2. The number of methoxy groups -OCH3 is 2. The standard InChI is InChI=1S/C15H22O4/c1-11-10-12(18-2)7-8-13(11)14(15(17)19-3)6-4-5-9-16/h7-8,10,14,16H,4-6,9H2,1-3H3/t14-/m0/s1. The zero-order valence-corrected chi connectivity index (χ0v) is 11.8. The second kappa shape index (κ2) is 7.79. The summed E-state index contributed by atoms with van der Waals surface area (Å²) < 4.78 is 10.0. The van der Waals surface area contributed by atoms with Crippen LogP contribution in [0, 0.1) is 6.92 Å². The van der Waals surface area contributed by atoms with Gasteiger partial charge in [-0.05, 0) is 49.4 Å². The maximum atomic E-state index is 11.9. The van der Waals surface area contributed by atoms with Crippen LogP contribution < -0.4 is 4.74 Å². The van der Waals surface area contributed by atoms with Gasteiger partial charge in [0.25, 0.3) is 0 Å². The number of benzene rings is 1. The molecule has 106 valence electrons. The van der Waals surface area contributed by atoms with E-state index in [0.717, 1.165) is 23.3 Å². The Kier molecular flexibility index (Phi) is 6.36. The Hall–Kier alpha value is -1.55. The van der Waals surface area contributed by atoms with E-state index in [1.807, 2.05) is 25.1 Å². The summed E-state index contributed by atoms with van der Waals surface area (Å²) >= 11 is 0. The molecule has 0 bridgehead atoms. The van der Waals surface area contributed by atoms with Crippen molar-refractivity contribution in [2.45, 2.75) is 32.1 Å². The smallest absolute Gasteiger partial charge is 0.313 e. The molecule has 1 rings (SSSR count). The van der Waals surface area contributed by atoms with E-state index in [0.29, 0.717) is 12.8 Å². The van der Waals surface area contributed by atoms with Crippen LogP contribution in [0.4, 0.5) is 0 Å². The zero-order chi connectivity index (χ0) is 14.3. The molecule has 0 aromatic heterocycles. The van der Waals surface area contributed by atoms with Gasteiger partial charge in [0.15, 0.2) is 0 Å². The minimum Gasteiger partial charge on any atom is -0.497 e. The molecule has 0 spiro atoms. The summed E-state index contributed by atoms with van der Waals surface area (Å²) in [7, 11) is 3.02. The number of aliphatic hydroxyl groups excluding tert-OH is 1. The van der Waals surface area contributed by atoms with Gasteiger partial charge in [-0.2, -0.15) is 0 Å². The summed E-state index contributed by atoms with van der Waals surface area (Å²) in [6, 6.07) is 5.68. The van der Waals surface area contributed by atoms with Crippen molar-refractivity contribution in [1.29, 1.82) is 0 Å². The lowest BCUT2D eigenvalue weighted by atomic mass is 9.90. The fourth-order valence-electron chi connectivity index (χ4n) is 2.17. The molecule has 1 atom stereocenters. The number of carbonyl (C=O) groups excluding carboxylic acids is 1. The maximum absolute atomic E-state index is 11.9. The second-order valence-electron chi connectivity index (χ2n) is 4.52. The van der Waals surface area contributed by atoms with Gasteiger partial charge in [0.2, 0.25) is 0 Å². The first-order valence-electron chi connectivity index (χ1n) is 6.47. The zero-order valence-electron chi connectivity index (χ0n) is 11.8. The number of hydrogen-bond donors (Lipinski definition) is 1. The van der Waals surface area contributed by atoms with Crippen molar-refractivity contribution in [3.8, 4) is 5.75 Å². The fraction of sp³-hybridized carbons (Fsp3) is 0.533. The molecule has 1 N–H and O–H groups in total.